The predicted octanol–water partition coefficient (Wildman–Crippen LogP) is 3.96. The van der Waals surface area contributed by atoms with Gasteiger partial charge < -0.3 is 4.90 Å². The molecule has 0 unspecified atom stereocenters. The number of carbonyl (C=O) groups is 1. The number of nitriles is 1. The number of nitrogens with zero attached hydrogens (tertiary/aromatic N) is 3. The van der Waals surface area contributed by atoms with Gasteiger partial charge >= 0.3 is 6.18 Å². The minimum Gasteiger partial charge on any atom is -0.308 e. The number of aryl methyl sites for hydroxylation is 1. The summed E-state index contributed by atoms with van der Waals surface area (Å²) in [4.78, 5) is 24.0. The zero-order valence-electron chi connectivity index (χ0n) is 13.8. The van der Waals surface area contributed by atoms with Gasteiger partial charge in [-0.05, 0) is 29.7 Å². The number of anilines is 1. The van der Waals surface area contributed by atoms with Gasteiger partial charge in [0.1, 0.15) is 6.07 Å². The maximum absolute atomic E-state index is 13.1. The first-order valence-electron chi connectivity index (χ1n) is 7.89. The van der Waals surface area contributed by atoms with Crippen LogP contribution in [0.3, 0.4) is 0 Å². The molecule has 0 aliphatic carbocycles. The molecule has 1 aliphatic rings. The molecule has 0 fully saturated rings. The highest BCUT2D eigenvalue weighted by Crippen LogP contribution is 2.36. The summed E-state index contributed by atoms with van der Waals surface area (Å²) in [6, 6.07) is 8.94. The molecular weight excluding hydrogens is 363 g/mol. The van der Waals surface area contributed by atoms with E-state index in [0.29, 0.717) is 17.7 Å². The number of nitro groups is 1. The van der Waals surface area contributed by atoms with E-state index >= 15 is 0 Å². The van der Waals surface area contributed by atoms with Crippen molar-refractivity contribution in [2.45, 2.75) is 25.6 Å². The fourth-order valence-corrected chi connectivity index (χ4v) is 3.10. The number of halogens is 3. The van der Waals surface area contributed by atoms with Crippen molar-refractivity contribution in [1.29, 1.82) is 5.26 Å². The molecule has 0 spiro atoms. The Labute approximate surface area is 151 Å². The molecule has 1 amide bonds. The molecule has 27 heavy (non-hydrogen) atoms. The molecule has 3 rings (SSSR count). The van der Waals surface area contributed by atoms with Gasteiger partial charge in [-0.25, -0.2) is 0 Å². The molecule has 6 nitrogen and oxygen atoms in total. The first-order valence-corrected chi connectivity index (χ1v) is 7.89. The van der Waals surface area contributed by atoms with E-state index in [1.54, 1.807) is 6.07 Å². The number of benzene rings is 2. The molecule has 0 aromatic heterocycles. The molecule has 0 atom stereocenters. The average Bonchev–Trinajstić information content (AvgIpc) is 2.62. The maximum Gasteiger partial charge on any atom is 0.417 e. The molecule has 1 aliphatic heterocycles. The van der Waals surface area contributed by atoms with Crippen LogP contribution in [0.2, 0.25) is 0 Å². The van der Waals surface area contributed by atoms with Gasteiger partial charge in [-0.3, -0.25) is 14.9 Å². The van der Waals surface area contributed by atoms with Crippen LogP contribution in [0, 0.1) is 21.4 Å². The Bertz CT molecular complexity index is 980. The van der Waals surface area contributed by atoms with E-state index in [-0.39, 0.29) is 30.1 Å². The van der Waals surface area contributed by atoms with Gasteiger partial charge in [-0.2, -0.15) is 18.4 Å². The number of hydrogen-bond acceptors (Lipinski definition) is 4. The third-order valence-corrected chi connectivity index (χ3v) is 4.37. The Balaban J connectivity index is 2.04. The van der Waals surface area contributed by atoms with Crippen LogP contribution >= 0.6 is 0 Å². The van der Waals surface area contributed by atoms with Crippen molar-refractivity contribution in [1.82, 2.24) is 0 Å². The molecule has 0 N–H and O–H groups in total. The number of rotatable bonds is 3. The smallest absolute Gasteiger partial charge is 0.308 e. The van der Waals surface area contributed by atoms with Crippen LogP contribution < -0.4 is 4.90 Å². The fourth-order valence-electron chi connectivity index (χ4n) is 3.10. The standard InChI is InChI=1S/C18H12F3N3O3/c19-18(20,21)15-3-1-2-12(14(15)9-22)10-23-16-6-5-13(24(26)27)8-11(16)4-7-17(23)25/h1-3,5-6,8H,4,7,10H2. The van der Waals surface area contributed by atoms with Crippen molar-refractivity contribution >= 4 is 17.3 Å². The van der Waals surface area contributed by atoms with Crippen LogP contribution in [0.15, 0.2) is 36.4 Å². The van der Waals surface area contributed by atoms with Gasteiger partial charge in [-0.15, -0.1) is 0 Å². The number of non-ortho nitro benzene ring substituents is 1. The van der Waals surface area contributed by atoms with Gasteiger partial charge in [0, 0.05) is 24.2 Å². The Morgan fingerprint density at radius 2 is 1.96 bits per heavy atom. The first kappa shape index (κ1) is 18.4. The fraction of sp³-hybridized carbons (Fsp3) is 0.222. The normalized spacial score (nSPS) is 13.9. The van der Waals surface area contributed by atoms with Crippen LogP contribution in [0.5, 0.6) is 0 Å². The minimum atomic E-state index is -4.69. The van der Waals surface area contributed by atoms with E-state index < -0.39 is 22.2 Å². The zero-order chi connectivity index (χ0) is 19.8. The van der Waals surface area contributed by atoms with Gasteiger partial charge in [0.25, 0.3) is 5.69 Å². The van der Waals surface area contributed by atoms with Crippen molar-refractivity contribution in [3.05, 3.63) is 68.8 Å². The van der Waals surface area contributed by atoms with Crippen molar-refractivity contribution < 1.29 is 22.9 Å². The predicted molar refractivity (Wildman–Crippen MR) is 88.8 cm³/mol. The van der Waals surface area contributed by atoms with Crippen LogP contribution in [0.25, 0.3) is 0 Å². The summed E-state index contributed by atoms with van der Waals surface area (Å²) in [7, 11) is 0. The SMILES string of the molecule is N#Cc1c(CN2C(=O)CCc3cc([N+](=O)[O-])ccc32)cccc1C(F)(F)F. The highest BCUT2D eigenvalue weighted by Gasteiger charge is 2.35. The van der Waals surface area contributed by atoms with Crippen molar-refractivity contribution in [2.75, 3.05) is 4.90 Å². The molecule has 2 aromatic rings. The maximum atomic E-state index is 13.1. The molecule has 0 bridgehead atoms. The van der Waals surface area contributed by atoms with Crippen LogP contribution in [0.1, 0.15) is 28.7 Å². The molecular formula is C18H12F3N3O3. The van der Waals surface area contributed by atoms with Crippen LogP contribution in [0.4, 0.5) is 24.5 Å². The third-order valence-electron chi connectivity index (χ3n) is 4.37. The number of nitro benzene ring substituents is 1. The Kier molecular flexibility index (Phi) is 4.57. The van der Waals surface area contributed by atoms with Gasteiger partial charge in [-0.1, -0.05) is 12.1 Å². The largest absolute Gasteiger partial charge is 0.417 e. The summed E-state index contributed by atoms with van der Waals surface area (Å²) >= 11 is 0. The van der Waals surface area contributed by atoms with Gasteiger partial charge in [0.15, 0.2) is 0 Å². The first-order chi connectivity index (χ1) is 12.7. The Morgan fingerprint density at radius 1 is 1.22 bits per heavy atom. The molecule has 1 heterocycles. The Hall–Kier alpha value is -3.41. The molecule has 9 heteroatoms. The quantitative estimate of drug-likeness (QED) is 0.600. The van der Waals surface area contributed by atoms with Crippen molar-refractivity contribution in [3.63, 3.8) is 0 Å². The van der Waals surface area contributed by atoms with Crippen LogP contribution in [-0.4, -0.2) is 10.8 Å². The molecule has 0 saturated carbocycles. The monoisotopic (exact) mass is 375 g/mol. The van der Waals surface area contributed by atoms with E-state index in [0.717, 1.165) is 6.07 Å². The molecule has 0 saturated heterocycles. The summed E-state index contributed by atoms with van der Waals surface area (Å²) in [5, 5.41) is 20.1. The zero-order valence-corrected chi connectivity index (χ0v) is 13.8. The highest BCUT2D eigenvalue weighted by molar-refractivity contribution is 5.96. The van der Waals surface area contributed by atoms with E-state index in [4.69, 9.17) is 0 Å². The Morgan fingerprint density at radius 3 is 2.59 bits per heavy atom. The number of alkyl halides is 3. The molecule has 138 valence electrons. The van der Waals surface area contributed by atoms with E-state index in [1.807, 2.05) is 0 Å². The second kappa shape index (κ2) is 6.72. The second-order valence-electron chi connectivity index (χ2n) is 6.00. The van der Waals surface area contributed by atoms with Gasteiger partial charge in [0.05, 0.1) is 22.6 Å². The highest BCUT2D eigenvalue weighted by atomic mass is 19.4. The van der Waals surface area contributed by atoms with E-state index in [1.165, 1.54) is 35.2 Å². The number of hydrogen-bond donors (Lipinski definition) is 0. The summed E-state index contributed by atoms with van der Waals surface area (Å²) in [6.07, 6.45) is -4.30. The summed E-state index contributed by atoms with van der Waals surface area (Å²) < 4.78 is 39.4. The third kappa shape index (κ3) is 3.46. The lowest BCUT2D eigenvalue weighted by molar-refractivity contribution is -0.384. The minimum absolute atomic E-state index is 0.0619. The lowest BCUT2D eigenvalue weighted by Gasteiger charge is -2.30. The van der Waals surface area contributed by atoms with E-state index in [2.05, 4.69) is 0 Å². The van der Waals surface area contributed by atoms with Crippen molar-refractivity contribution in [2.24, 2.45) is 0 Å². The average molecular weight is 375 g/mol. The molecule has 2 aromatic carbocycles. The summed E-state index contributed by atoms with van der Waals surface area (Å²) in [6.45, 7) is -0.226. The second-order valence-corrected chi connectivity index (χ2v) is 6.00. The van der Waals surface area contributed by atoms with Gasteiger partial charge in [0.2, 0.25) is 5.91 Å². The number of amides is 1. The number of carbonyl (C=O) groups excluding carboxylic acids is 1. The van der Waals surface area contributed by atoms with E-state index in [9.17, 15) is 33.3 Å². The number of fused-ring (bicyclic) bond motifs is 1. The topological polar surface area (TPSA) is 87.2 Å². The lowest BCUT2D eigenvalue weighted by atomic mass is 9.97. The summed E-state index contributed by atoms with van der Waals surface area (Å²) in [5.41, 5.74) is -0.693. The molecule has 0 radical (unpaired) electrons. The summed E-state index contributed by atoms with van der Waals surface area (Å²) in [5.74, 6) is -0.322. The van der Waals surface area contributed by atoms with Crippen molar-refractivity contribution in [3.8, 4) is 6.07 Å². The lowest BCUT2D eigenvalue weighted by Crippen LogP contribution is -2.35. The van der Waals surface area contributed by atoms with Crippen LogP contribution in [-0.2, 0) is 23.9 Å².